The van der Waals surface area contributed by atoms with Gasteiger partial charge < -0.3 is 9.47 Å². The Balaban J connectivity index is 1.45. The van der Waals surface area contributed by atoms with Crippen LogP contribution in [0.15, 0.2) is 36.4 Å². The van der Waals surface area contributed by atoms with Gasteiger partial charge in [-0.05, 0) is 60.8 Å². The van der Waals surface area contributed by atoms with E-state index in [0.29, 0.717) is 29.4 Å². The first kappa shape index (κ1) is 18.7. The van der Waals surface area contributed by atoms with E-state index >= 15 is 0 Å². The predicted molar refractivity (Wildman–Crippen MR) is 108 cm³/mol. The molecule has 1 aliphatic carbocycles. The molecule has 0 N–H and O–H groups in total. The molecular weight excluding hydrogens is 348 g/mol. The molecule has 142 valence electrons. The molecule has 2 fully saturated rings. The van der Waals surface area contributed by atoms with E-state index in [-0.39, 0.29) is 0 Å². The molecule has 1 atom stereocenters. The average Bonchev–Trinajstić information content (AvgIpc) is 3.57. The number of rotatable bonds is 5. The summed E-state index contributed by atoms with van der Waals surface area (Å²) in [5, 5.41) is 9.40. The molecule has 0 radical (unpaired) electrons. The zero-order valence-corrected chi connectivity index (χ0v) is 16.1. The van der Waals surface area contributed by atoms with Crippen molar-refractivity contribution in [2.24, 2.45) is 0 Å². The smallest absolute Gasteiger partial charge is 0.212 e. The minimum atomic E-state index is 0.342. The van der Waals surface area contributed by atoms with Crippen LogP contribution in [0.5, 0.6) is 0 Å². The molecule has 0 aromatic heterocycles. The second kappa shape index (κ2) is 8.15. The lowest BCUT2D eigenvalue weighted by Gasteiger charge is -2.28. The second-order valence-electron chi connectivity index (χ2n) is 7.76. The van der Waals surface area contributed by atoms with E-state index in [0.717, 1.165) is 55.6 Å². The summed E-state index contributed by atoms with van der Waals surface area (Å²) in [6, 6.07) is 14.6. The Bertz CT molecular complexity index is 925. The minimum Gasteiger partial charge on any atom is -0.375 e. The van der Waals surface area contributed by atoms with E-state index in [1.165, 1.54) is 5.56 Å². The number of hydrogen-bond donors (Lipinski definition) is 0. The number of benzene rings is 2. The van der Waals surface area contributed by atoms with E-state index in [1.54, 1.807) is 0 Å². The van der Waals surface area contributed by atoms with E-state index in [9.17, 15) is 5.26 Å². The molecular formula is C24H24N2O2. The molecule has 28 heavy (non-hydrogen) atoms. The van der Waals surface area contributed by atoms with Crippen molar-refractivity contribution in [1.29, 1.82) is 5.26 Å². The van der Waals surface area contributed by atoms with Crippen LogP contribution < -0.4 is 0 Å². The van der Waals surface area contributed by atoms with Crippen LogP contribution in [0.3, 0.4) is 0 Å². The van der Waals surface area contributed by atoms with Gasteiger partial charge in [0.05, 0.1) is 37.5 Å². The van der Waals surface area contributed by atoms with Gasteiger partial charge in [-0.3, -0.25) is 0 Å². The highest BCUT2D eigenvalue weighted by Gasteiger charge is 2.27. The number of hydrogen-bond acceptors (Lipinski definition) is 3. The fourth-order valence-corrected chi connectivity index (χ4v) is 4.09. The standard InChI is InChI=1S/C24H24N2O2/c1-16-3-12-22(24(26-2)23(16)13-25)19-6-4-17(5-7-19)18-8-10-20(11-9-18)27-14-21-15-28-21/h3-7,12,18,20-21H,8-11,14-15H2,1H3. The maximum absolute atomic E-state index is 9.40. The lowest BCUT2D eigenvalue weighted by Crippen LogP contribution is -2.22. The third-order valence-electron chi connectivity index (χ3n) is 5.90. The van der Waals surface area contributed by atoms with Crippen molar-refractivity contribution in [3.05, 3.63) is 64.5 Å². The van der Waals surface area contributed by atoms with Gasteiger partial charge in [0, 0.05) is 0 Å². The topological polar surface area (TPSA) is 49.9 Å². The fourth-order valence-electron chi connectivity index (χ4n) is 4.09. The van der Waals surface area contributed by atoms with Crippen molar-refractivity contribution in [2.45, 2.75) is 50.7 Å². The van der Waals surface area contributed by atoms with Gasteiger partial charge in [-0.2, -0.15) is 5.26 Å². The van der Waals surface area contributed by atoms with Crippen molar-refractivity contribution < 1.29 is 9.47 Å². The molecule has 2 aromatic carbocycles. The molecule has 4 rings (SSSR count). The Labute approximate surface area is 166 Å². The largest absolute Gasteiger partial charge is 0.375 e. The van der Waals surface area contributed by atoms with E-state index in [2.05, 4.69) is 35.2 Å². The van der Waals surface area contributed by atoms with Crippen molar-refractivity contribution >= 4 is 5.69 Å². The van der Waals surface area contributed by atoms with Crippen LogP contribution >= 0.6 is 0 Å². The summed E-state index contributed by atoms with van der Waals surface area (Å²) in [6.45, 7) is 11.0. The SMILES string of the molecule is [C-]#[N+]c1c(-c2ccc(C3CCC(OCC4CO4)CC3)cc2)ccc(C)c1C#N. The van der Waals surface area contributed by atoms with E-state index < -0.39 is 0 Å². The van der Waals surface area contributed by atoms with Gasteiger partial charge in [0.25, 0.3) is 0 Å². The van der Waals surface area contributed by atoms with Crippen LogP contribution in [0.1, 0.15) is 48.3 Å². The minimum absolute atomic E-state index is 0.342. The van der Waals surface area contributed by atoms with Crippen LogP contribution in [0.25, 0.3) is 16.0 Å². The summed E-state index contributed by atoms with van der Waals surface area (Å²) < 4.78 is 11.2. The van der Waals surface area contributed by atoms with Crippen LogP contribution in [0.4, 0.5) is 5.69 Å². The number of ether oxygens (including phenoxy) is 2. The van der Waals surface area contributed by atoms with Gasteiger partial charge in [-0.15, -0.1) is 0 Å². The zero-order valence-electron chi connectivity index (χ0n) is 16.1. The van der Waals surface area contributed by atoms with Crippen molar-refractivity contribution in [3.8, 4) is 17.2 Å². The highest BCUT2D eigenvalue weighted by atomic mass is 16.6. The molecule has 1 saturated heterocycles. The van der Waals surface area contributed by atoms with E-state index in [4.69, 9.17) is 16.0 Å². The second-order valence-corrected chi connectivity index (χ2v) is 7.76. The average molecular weight is 372 g/mol. The van der Waals surface area contributed by atoms with Crippen molar-refractivity contribution in [1.82, 2.24) is 0 Å². The van der Waals surface area contributed by atoms with Crippen LogP contribution in [-0.2, 0) is 9.47 Å². The fraction of sp³-hybridized carbons (Fsp3) is 0.417. The summed E-state index contributed by atoms with van der Waals surface area (Å²) >= 11 is 0. The predicted octanol–water partition coefficient (Wildman–Crippen LogP) is 5.53. The molecule has 0 bridgehead atoms. The summed E-state index contributed by atoms with van der Waals surface area (Å²) in [4.78, 5) is 3.64. The first-order valence-electron chi connectivity index (χ1n) is 9.94. The number of epoxide rings is 1. The highest BCUT2D eigenvalue weighted by Crippen LogP contribution is 2.38. The number of aryl methyl sites for hydroxylation is 1. The van der Waals surface area contributed by atoms with E-state index in [1.807, 2.05) is 19.1 Å². The van der Waals surface area contributed by atoms with Crippen LogP contribution in [-0.4, -0.2) is 25.4 Å². The Hall–Kier alpha value is -2.66. The zero-order chi connectivity index (χ0) is 19.5. The van der Waals surface area contributed by atoms with Gasteiger partial charge in [0.15, 0.2) is 0 Å². The van der Waals surface area contributed by atoms with Crippen molar-refractivity contribution in [3.63, 3.8) is 0 Å². The Morgan fingerprint density at radius 1 is 1.14 bits per heavy atom. The van der Waals surface area contributed by atoms with Crippen LogP contribution in [0.2, 0.25) is 0 Å². The van der Waals surface area contributed by atoms with Crippen LogP contribution in [0, 0.1) is 24.8 Å². The van der Waals surface area contributed by atoms with Gasteiger partial charge in [-0.25, -0.2) is 4.85 Å². The molecule has 4 heteroatoms. The molecule has 4 nitrogen and oxygen atoms in total. The Kier molecular flexibility index (Phi) is 5.44. The number of nitriles is 1. The summed E-state index contributed by atoms with van der Waals surface area (Å²) in [6.07, 6.45) is 5.21. The summed E-state index contributed by atoms with van der Waals surface area (Å²) in [5.74, 6) is 0.569. The molecule has 1 aliphatic heterocycles. The monoisotopic (exact) mass is 372 g/mol. The van der Waals surface area contributed by atoms with Gasteiger partial charge >= 0.3 is 0 Å². The molecule has 1 saturated carbocycles. The lowest BCUT2D eigenvalue weighted by atomic mass is 9.82. The molecule has 1 unspecified atom stereocenters. The van der Waals surface area contributed by atoms with Gasteiger partial charge in [-0.1, -0.05) is 36.4 Å². The molecule has 2 aliphatic rings. The molecule has 0 amide bonds. The first-order valence-corrected chi connectivity index (χ1v) is 9.94. The van der Waals surface area contributed by atoms with Crippen molar-refractivity contribution in [2.75, 3.05) is 13.2 Å². The van der Waals surface area contributed by atoms with Gasteiger partial charge in [0.1, 0.15) is 6.10 Å². The maximum Gasteiger partial charge on any atom is 0.212 e. The lowest BCUT2D eigenvalue weighted by molar-refractivity contribution is 0.0165. The Morgan fingerprint density at radius 2 is 1.86 bits per heavy atom. The molecule has 0 spiro atoms. The third kappa shape index (κ3) is 3.94. The third-order valence-corrected chi connectivity index (χ3v) is 5.90. The molecule has 2 aromatic rings. The summed E-state index contributed by atoms with van der Waals surface area (Å²) in [5.41, 5.74) is 4.96. The first-order chi connectivity index (χ1) is 13.7. The molecule has 1 heterocycles. The maximum atomic E-state index is 9.40. The quantitative estimate of drug-likeness (QED) is 0.512. The van der Waals surface area contributed by atoms with Gasteiger partial charge in [0.2, 0.25) is 5.69 Å². The Morgan fingerprint density at radius 3 is 2.46 bits per heavy atom. The number of nitrogens with zero attached hydrogens (tertiary/aromatic N) is 2. The highest BCUT2D eigenvalue weighted by molar-refractivity contribution is 5.83. The summed E-state index contributed by atoms with van der Waals surface area (Å²) in [7, 11) is 0. The normalized spacial score (nSPS) is 23.6.